The Hall–Kier alpha value is -4.23. The molecule has 1 spiro atoms. The molecule has 10 nitrogen and oxygen atoms in total. The second-order valence-electron chi connectivity index (χ2n) is 12.8. The predicted octanol–water partition coefficient (Wildman–Crippen LogP) is 4.20. The van der Waals surface area contributed by atoms with Crippen LogP contribution >= 0.6 is 0 Å². The van der Waals surface area contributed by atoms with Crippen LogP contribution in [0.1, 0.15) is 43.5 Å². The number of nitrogens with one attached hydrogen (secondary N) is 4. The number of halogens is 3. The van der Waals surface area contributed by atoms with Gasteiger partial charge in [0.05, 0.1) is 23.0 Å². The highest BCUT2D eigenvalue weighted by molar-refractivity contribution is 5.94. The SMILES string of the molecule is O=C(CN1CC[C@@H]2NC(=O)[C@@H](Cc3ccccc3)NC(=O)C3(C/C=C/C[C@@H]2C1)CCOCC3)Nc1ccc2nc(C(F)(F)F)[nH]c2c1. The van der Waals surface area contributed by atoms with E-state index >= 15 is 0 Å². The van der Waals surface area contributed by atoms with Crippen molar-refractivity contribution >= 4 is 34.4 Å². The van der Waals surface area contributed by atoms with Gasteiger partial charge in [-0.2, -0.15) is 13.2 Å². The predicted molar refractivity (Wildman–Crippen MR) is 169 cm³/mol. The van der Waals surface area contributed by atoms with Crippen molar-refractivity contribution in [3.05, 3.63) is 72.1 Å². The monoisotopic (exact) mass is 652 g/mol. The van der Waals surface area contributed by atoms with Crippen molar-refractivity contribution in [3.63, 3.8) is 0 Å². The number of anilines is 1. The summed E-state index contributed by atoms with van der Waals surface area (Å²) < 4.78 is 44.7. The topological polar surface area (TPSA) is 128 Å². The van der Waals surface area contributed by atoms with Crippen LogP contribution in [0.2, 0.25) is 0 Å². The van der Waals surface area contributed by atoms with Gasteiger partial charge in [0.25, 0.3) is 0 Å². The minimum atomic E-state index is -4.60. The number of aromatic nitrogens is 2. The number of hydrogen-bond acceptors (Lipinski definition) is 6. The molecule has 0 unspecified atom stereocenters. The molecule has 250 valence electrons. The van der Waals surface area contributed by atoms with E-state index in [1.807, 2.05) is 35.2 Å². The number of ether oxygens (including phenoxy) is 1. The Bertz CT molecular complexity index is 1620. The first-order valence-corrected chi connectivity index (χ1v) is 16.1. The molecule has 3 aliphatic rings. The number of aromatic amines is 1. The van der Waals surface area contributed by atoms with Crippen molar-refractivity contribution < 1.29 is 32.3 Å². The Morgan fingerprint density at radius 1 is 1.06 bits per heavy atom. The lowest BCUT2D eigenvalue weighted by Gasteiger charge is -2.40. The Labute approximate surface area is 270 Å². The fourth-order valence-electron chi connectivity index (χ4n) is 6.82. The highest BCUT2D eigenvalue weighted by Crippen LogP contribution is 2.36. The maximum absolute atomic E-state index is 13.8. The smallest absolute Gasteiger partial charge is 0.381 e. The second-order valence-corrected chi connectivity index (χ2v) is 12.8. The van der Waals surface area contributed by atoms with E-state index in [1.54, 1.807) is 0 Å². The first-order valence-electron chi connectivity index (χ1n) is 16.1. The molecule has 3 atom stereocenters. The zero-order valence-electron chi connectivity index (χ0n) is 25.9. The molecular weight excluding hydrogens is 613 g/mol. The summed E-state index contributed by atoms with van der Waals surface area (Å²) in [4.78, 5) is 48.4. The van der Waals surface area contributed by atoms with Crippen LogP contribution in [0.15, 0.2) is 60.7 Å². The van der Waals surface area contributed by atoms with Gasteiger partial charge in [0.2, 0.25) is 23.5 Å². The summed E-state index contributed by atoms with van der Waals surface area (Å²) in [5.74, 6) is -1.70. The Morgan fingerprint density at radius 2 is 1.85 bits per heavy atom. The normalized spacial score (nSPS) is 24.8. The number of alkyl halides is 3. The molecule has 1 aromatic heterocycles. The summed E-state index contributed by atoms with van der Waals surface area (Å²) in [7, 11) is 0. The summed E-state index contributed by atoms with van der Waals surface area (Å²) >= 11 is 0. The van der Waals surface area contributed by atoms with Gasteiger partial charge in [-0.1, -0.05) is 42.5 Å². The van der Waals surface area contributed by atoms with E-state index in [1.165, 1.54) is 18.2 Å². The van der Waals surface area contributed by atoms with E-state index < -0.39 is 23.5 Å². The molecule has 3 amide bonds. The van der Waals surface area contributed by atoms with Crippen LogP contribution in [-0.4, -0.2) is 77.5 Å². The molecule has 0 bridgehead atoms. The molecule has 2 aromatic carbocycles. The highest BCUT2D eigenvalue weighted by atomic mass is 19.4. The zero-order valence-corrected chi connectivity index (χ0v) is 25.9. The van der Waals surface area contributed by atoms with Crippen LogP contribution in [0.25, 0.3) is 11.0 Å². The van der Waals surface area contributed by atoms with Crippen LogP contribution in [0.5, 0.6) is 0 Å². The summed E-state index contributed by atoms with van der Waals surface area (Å²) in [6, 6.07) is 13.1. The highest BCUT2D eigenvalue weighted by Gasteiger charge is 2.42. The molecule has 4 heterocycles. The van der Waals surface area contributed by atoms with Crippen molar-refractivity contribution in [2.45, 2.75) is 56.8 Å². The zero-order chi connectivity index (χ0) is 33.0. The standard InChI is InChI=1S/C34H39F3N6O4/c35-34(36,37)31-40-26-10-9-24(19-27(26)41-31)38-29(44)21-43-15-11-25-23(20-43)8-4-5-12-33(13-16-47-17-14-33)32(46)42-28(30(45)39-25)18-22-6-2-1-3-7-22/h1-7,9-10,19,23,25,28H,8,11-18,20-21H2,(H,38,44)(H,39,45)(H,40,41)(H,42,46)/b5-4+/t23-,25+,28-/m1/s1. The average Bonchev–Trinajstić information content (AvgIpc) is 3.49. The molecule has 2 fully saturated rings. The number of likely N-dealkylation sites (tertiary alicyclic amines) is 1. The molecule has 47 heavy (non-hydrogen) atoms. The van der Waals surface area contributed by atoms with Gasteiger partial charge >= 0.3 is 6.18 Å². The number of allylic oxidation sites excluding steroid dienone is 2. The van der Waals surface area contributed by atoms with E-state index in [-0.39, 0.29) is 47.3 Å². The van der Waals surface area contributed by atoms with E-state index in [0.29, 0.717) is 70.5 Å². The van der Waals surface area contributed by atoms with Gasteiger partial charge in [-0.25, -0.2) is 4.98 Å². The summed E-state index contributed by atoms with van der Waals surface area (Å²) in [5, 5.41) is 9.12. The van der Waals surface area contributed by atoms with Crippen LogP contribution in [0, 0.1) is 11.3 Å². The Morgan fingerprint density at radius 3 is 2.62 bits per heavy atom. The van der Waals surface area contributed by atoms with Gasteiger partial charge in [0, 0.05) is 44.5 Å². The fraction of sp³-hybridized carbons (Fsp3) is 0.471. The van der Waals surface area contributed by atoms with Crippen LogP contribution < -0.4 is 16.0 Å². The molecule has 6 rings (SSSR count). The lowest BCUT2D eigenvalue weighted by Crippen LogP contribution is -2.58. The van der Waals surface area contributed by atoms with Gasteiger partial charge in [-0.15, -0.1) is 0 Å². The van der Waals surface area contributed by atoms with Crippen LogP contribution in [0.3, 0.4) is 0 Å². The number of rotatable bonds is 5. The average molecular weight is 653 g/mol. The van der Waals surface area contributed by atoms with Crippen molar-refractivity contribution in [3.8, 4) is 0 Å². The first kappa shape index (κ1) is 32.7. The summed E-state index contributed by atoms with van der Waals surface area (Å²) in [6.07, 6.45) is 2.91. The molecule has 0 saturated carbocycles. The molecule has 13 heteroatoms. The molecule has 0 aliphatic carbocycles. The third-order valence-electron chi connectivity index (χ3n) is 9.50. The molecule has 3 aromatic rings. The summed E-state index contributed by atoms with van der Waals surface area (Å²) in [6.45, 7) is 2.19. The minimum absolute atomic E-state index is 0.0250. The van der Waals surface area contributed by atoms with Gasteiger partial charge in [-0.05, 0) is 61.8 Å². The van der Waals surface area contributed by atoms with E-state index in [2.05, 4.69) is 38.1 Å². The van der Waals surface area contributed by atoms with Crippen LogP contribution in [0.4, 0.5) is 18.9 Å². The number of piperidine rings is 1. The van der Waals surface area contributed by atoms with Crippen LogP contribution in [-0.2, 0) is 31.7 Å². The number of fused-ring (bicyclic) bond motifs is 2. The second kappa shape index (κ2) is 13.9. The lowest BCUT2D eigenvalue weighted by molar-refractivity contribution is -0.144. The number of carbonyl (C=O) groups excluding carboxylic acids is 3. The van der Waals surface area contributed by atoms with Gasteiger partial charge < -0.3 is 25.7 Å². The third kappa shape index (κ3) is 7.84. The van der Waals surface area contributed by atoms with Crippen molar-refractivity contribution in [2.75, 3.05) is 38.2 Å². The molecule has 2 saturated heterocycles. The number of H-pyrrole nitrogens is 1. The number of hydrogen-bond donors (Lipinski definition) is 4. The molecule has 0 radical (unpaired) electrons. The number of carbonyl (C=O) groups is 3. The first-order chi connectivity index (χ1) is 22.6. The third-order valence-corrected chi connectivity index (χ3v) is 9.50. The van der Waals surface area contributed by atoms with Crippen molar-refractivity contribution in [2.24, 2.45) is 11.3 Å². The summed E-state index contributed by atoms with van der Waals surface area (Å²) in [5.41, 5.74) is 1.00. The van der Waals surface area contributed by atoms with Gasteiger partial charge in [0.1, 0.15) is 6.04 Å². The maximum Gasteiger partial charge on any atom is 0.449 e. The minimum Gasteiger partial charge on any atom is -0.381 e. The number of nitrogens with zero attached hydrogens (tertiary/aromatic N) is 2. The molecule has 3 aliphatic heterocycles. The van der Waals surface area contributed by atoms with E-state index in [4.69, 9.17) is 4.74 Å². The Kier molecular flexibility index (Phi) is 9.65. The van der Waals surface area contributed by atoms with Gasteiger partial charge in [-0.3, -0.25) is 19.3 Å². The number of benzene rings is 2. The van der Waals surface area contributed by atoms with E-state index in [9.17, 15) is 27.6 Å². The van der Waals surface area contributed by atoms with E-state index in [0.717, 1.165) is 5.56 Å². The number of amides is 3. The quantitative estimate of drug-likeness (QED) is 0.306. The largest absolute Gasteiger partial charge is 0.449 e. The lowest BCUT2D eigenvalue weighted by atomic mass is 9.75. The maximum atomic E-state index is 13.8. The molecular formula is C34H39F3N6O4. The fourth-order valence-corrected chi connectivity index (χ4v) is 6.82. The van der Waals surface area contributed by atoms with Crippen molar-refractivity contribution in [1.29, 1.82) is 0 Å². The van der Waals surface area contributed by atoms with Gasteiger partial charge in [0.15, 0.2) is 0 Å². The molecule has 4 N–H and O–H groups in total. The Balaban J connectivity index is 1.14. The van der Waals surface area contributed by atoms with Crippen molar-refractivity contribution in [1.82, 2.24) is 25.5 Å². The number of imidazole rings is 1.